The zero-order valence-corrected chi connectivity index (χ0v) is 14.0. The van der Waals surface area contributed by atoms with Gasteiger partial charge in [-0.25, -0.2) is 10.1 Å². The fraction of sp³-hybridized carbons (Fsp3) is 0.353. The molecule has 1 aromatic carbocycles. The predicted octanol–water partition coefficient (Wildman–Crippen LogP) is 0.812. The summed E-state index contributed by atoms with van der Waals surface area (Å²) in [6.45, 7) is 2.09. The number of fused-ring (bicyclic) bond motifs is 1. The monoisotopic (exact) mass is 346 g/mol. The topological polar surface area (TPSA) is 128 Å². The largest absolute Gasteiger partial charge is 0.395 e. The van der Waals surface area contributed by atoms with Gasteiger partial charge in [-0.3, -0.25) is 14.8 Å². The van der Waals surface area contributed by atoms with Crippen LogP contribution in [0.15, 0.2) is 28.8 Å². The lowest BCUT2D eigenvalue weighted by Crippen LogP contribution is -2.30. The molecule has 5 N–H and O–H groups in total. The number of aliphatic hydroxyl groups excluding tert-OH is 1. The first-order valence-electron chi connectivity index (χ1n) is 8.03. The fourth-order valence-corrected chi connectivity index (χ4v) is 2.42. The van der Waals surface area contributed by atoms with E-state index in [4.69, 9.17) is 10.8 Å². The predicted molar refractivity (Wildman–Crippen MR) is 93.5 cm³/mol. The minimum atomic E-state index is -0.516. The summed E-state index contributed by atoms with van der Waals surface area (Å²) in [5.41, 5.74) is 7.69. The minimum Gasteiger partial charge on any atom is -0.395 e. The molecule has 2 rings (SSSR count). The van der Waals surface area contributed by atoms with Crippen LogP contribution >= 0.6 is 0 Å². The molecule has 8 heteroatoms. The molecule has 0 unspecified atom stereocenters. The van der Waals surface area contributed by atoms with Crippen molar-refractivity contribution in [2.75, 3.05) is 19.7 Å². The summed E-state index contributed by atoms with van der Waals surface area (Å²) in [6.07, 6.45) is 2.36. The van der Waals surface area contributed by atoms with Crippen LogP contribution in [0.3, 0.4) is 0 Å². The lowest BCUT2D eigenvalue weighted by atomic mass is 10.0. The van der Waals surface area contributed by atoms with Crippen LogP contribution in [-0.2, 0) is 4.79 Å². The second-order valence-corrected chi connectivity index (χ2v) is 5.63. The summed E-state index contributed by atoms with van der Waals surface area (Å²) in [4.78, 5) is 28.5. The molecular weight excluding hydrogens is 324 g/mol. The lowest BCUT2D eigenvalue weighted by molar-refractivity contribution is -0.160. The highest BCUT2D eigenvalue weighted by Gasteiger charge is 2.20. The third-order valence-corrected chi connectivity index (χ3v) is 3.60. The van der Waals surface area contributed by atoms with E-state index in [9.17, 15) is 14.8 Å². The van der Waals surface area contributed by atoms with Crippen LogP contribution in [0.4, 0.5) is 5.69 Å². The van der Waals surface area contributed by atoms with Crippen molar-refractivity contribution in [3.8, 4) is 0 Å². The Morgan fingerprint density at radius 1 is 1.40 bits per heavy atom. The first-order chi connectivity index (χ1) is 12.0. The number of nitrogens with one attached hydrogen (secondary N) is 1. The molecule has 0 saturated carbocycles. The SMILES string of the molecule is CCCN(O)C(=O)C1=Cc2ccc(C(=O)NCCO)cc2N=C(N)C1. The summed E-state index contributed by atoms with van der Waals surface area (Å²) in [5, 5.41) is 21.8. The smallest absolute Gasteiger partial charge is 0.273 e. The van der Waals surface area contributed by atoms with Gasteiger partial charge in [-0.15, -0.1) is 0 Å². The van der Waals surface area contributed by atoms with Crippen molar-refractivity contribution in [1.29, 1.82) is 0 Å². The Kier molecular flexibility index (Phi) is 6.26. The highest BCUT2D eigenvalue weighted by atomic mass is 16.5. The van der Waals surface area contributed by atoms with Crippen LogP contribution in [0.25, 0.3) is 6.08 Å². The first-order valence-corrected chi connectivity index (χ1v) is 8.03. The Morgan fingerprint density at radius 3 is 2.84 bits per heavy atom. The number of benzene rings is 1. The van der Waals surface area contributed by atoms with Gasteiger partial charge in [0.1, 0.15) is 5.84 Å². The molecule has 0 aromatic heterocycles. The number of carbonyl (C=O) groups excluding carboxylic acids is 2. The van der Waals surface area contributed by atoms with Crippen LogP contribution < -0.4 is 11.1 Å². The number of amides is 2. The third kappa shape index (κ3) is 4.65. The summed E-state index contributed by atoms with van der Waals surface area (Å²) >= 11 is 0. The number of aliphatic hydroxyl groups is 1. The Bertz CT molecular complexity index is 727. The highest BCUT2D eigenvalue weighted by molar-refractivity contribution is 6.05. The average Bonchev–Trinajstić information content (AvgIpc) is 2.76. The van der Waals surface area contributed by atoms with E-state index in [0.717, 1.165) is 0 Å². The molecule has 25 heavy (non-hydrogen) atoms. The zero-order chi connectivity index (χ0) is 18.4. The van der Waals surface area contributed by atoms with Gasteiger partial charge in [0.2, 0.25) is 0 Å². The fourth-order valence-electron chi connectivity index (χ4n) is 2.42. The van der Waals surface area contributed by atoms with E-state index in [1.807, 2.05) is 6.92 Å². The molecule has 0 radical (unpaired) electrons. The third-order valence-electron chi connectivity index (χ3n) is 3.60. The van der Waals surface area contributed by atoms with E-state index in [2.05, 4.69) is 10.3 Å². The molecule has 0 spiro atoms. The summed E-state index contributed by atoms with van der Waals surface area (Å²) in [7, 11) is 0. The van der Waals surface area contributed by atoms with E-state index < -0.39 is 5.91 Å². The van der Waals surface area contributed by atoms with Gasteiger partial charge >= 0.3 is 0 Å². The second kappa shape index (κ2) is 8.41. The maximum atomic E-state index is 12.3. The van der Waals surface area contributed by atoms with Gasteiger partial charge in [-0.1, -0.05) is 13.0 Å². The van der Waals surface area contributed by atoms with Gasteiger partial charge in [0, 0.05) is 36.2 Å². The molecule has 0 aliphatic carbocycles. The molecular formula is C17H22N4O4. The first kappa shape index (κ1) is 18.6. The van der Waals surface area contributed by atoms with Crippen LogP contribution in [-0.4, -0.2) is 52.7 Å². The Balaban J connectivity index is 2.33. The Morgan fingerprint density at radius 2 is 2.16 bits per heavy atom. The molecule has 0 atom stereocenters. The van der Waals surface area contributed by atoms with Crippen LogP contribution in [0.5, 0.6) is 0 Å². The summed E-state index contributed by atoms with van der Waals surface area (Å²) < 4.78 is 0. The van der Waals surface area contributed by atoms with Gasteiger partial charge in [0.25, 0.3) is 11.8 Å². The Hall–Kier alpha value is -2.71. The normalized spacial score (nSPS) is 13.2. The number of nitrogens with zero attached hydrogens (tertiary/aromatic N) is 2. The number of hydroxylamine groups is 2. The van der Waals surface area contributed by atoms with E-state index in [-0.39, 0.29) is 37.9 Å². The van der Waals surface area contributed by atoms with Crippen molar-refractivity contribution in [3.05, 3.63) is 34.9 Å². The molecule has 1 aliphatic rings. The van der Waals surface area contributed by atoms with Crippen molar-refractivity contribution >= 4 is 29.4 Å². The van der Waals surface area contributed by atoms with Crippen molar-refractivity contribution in [1.82, 2.24) is 10.4 Å². The quantitative estimate of drug-likeness (QED) is 0.448. The van der Waals surface area contributed by atoms with Crippen LogP contribution in [0.1, 0.15) is 35.7 Å². The number of hydrogen-bond donors (Lipinski definition) is 4. The van der Waals surface area contributed by atoms with Gasteiger partial charge in [0.15, 0.2) is 0 Å². The molecule has 2 amide bonds. The van der Waals surface area contributed by atoms with Crippen molar-refractivity contribution in [2.24, 2.45) is 10.7 Å². The molecule has 8 nitrogen and oxygen atoms in total. The average molecular weight is 346 g/mol. The maximum absolute atomic E-state index is 12.3. The number of carbonyl (C=O) groups is 2. The van der Waals surface area contributed by atoms with Crippen LogP contribution in [0, 0.1) is 0 Å². The Labute approximate surface area is 145 Å². The van der Waals surface area contributed by atoms with E-state index in [1.165, 1.54) is 0 Å². The minimum absolute atomic E-state index is 0.111. The highest BCUT2D eigenvalue weighted by Crippen LogP contribution is 2.28. The molecule has 1 aliphatic heterocycles. The summed E-state index contributed by atoms with van der Waals surface area (Å²) in [6, 6.07) is 4.84. The van der Waals surface area contributed by atoms with Crippen molar-refractivity contribution in [3.63, 3.8) is 0 Å². The number of aliphatic imine (C=N–C) groups is 1. The standard InChI is InChI=1S/C17H22N4O4/c1-2-6-21(25)17(24)13-8-11-3-4-12(16(23)19-5-7-22)9-14(11)20-15(18)10-13/h3-4,8-9,22,25H,2,5-7,10H2,1H3,(H2,18,20)(H,19,23). The molecule has 134 valence electrons. The second-order valence-electron chi connectivity index (χ2n) is 5.63. The maximum Gasteiger partial charge on any atom is 0.273 e. The molecule has 0 fully saturated rings. The van der Waals surface area contributed by atoms with E-state index in [1.54, 1.807) is 24.3 Å². The van der Waals surface area contributed by atoms with Crippen molar-refractivity contribution in [2.45, 2.75) is 19.8 Å². The van der Waals surface area contributed by atoms with Gasteiger partial charge in [0.05, 0.1) is 12.3 Å². The van der Waals surface area contributed by atoms with Crippen molar-refractivity contribution < 1.29 is 19.9 Å². The molecule has 1 heterocycles. The number of rotatable bonds is 6. The number of nitrogens with two attached hydrogens (primary N) is 1. The van der Waals surface area contributed by atoms with E-state index in [0.29, 0.717) is 33.9 Å². The van der Waals surface area contributed by atoms with E-state index >= 15 is 0 Å². The van der Waals surface area contributed by atoms with Gasteiger partial charge in [-0.2, -0.15) is 0 Å². The van der Waals surface area contributed by atoms with Crippen LogP contribution in [0.2, 0.25) is 0 Å². The van der Waals surface area contributed by atoms with Gasteiger partial charge in [-0.05, 0) is 24.6 Å². The molecule has 1 aromatic rings. The van der Waals surface area contributed by atoms with Gasteiger partial charge < -0.3 is 16.2 Å². The molecule has 0 bridgehead atoms. The molecule has 0 saturated heterocycles. The zero-order valence-electron chi connectivity index (χ0n) is 14.0. The lowest BCUT2D eigenvalue weighted by Gasteiger charge is -2.15. The number of amidine groups is 1. The summed E-state index contributed by atoms with van der Waals surface area (Å²) in [5.74, 6) is -0.631. The number of hydrogen-bond acceptors (Lipinski definition) is 6.